The van der Waals surface area contributed by atoms with E-state index in [-0.39, 0.29) is 5.78 Å². The zero-order valence-corrected chi connectivity index (χ0v) is 14.7. The van der Waals surface area contributed by atoms with Crippen LogP contribution in [0.5, 0.6) is 0 Å². The van der Waals surface area contributed by atoms with Gasteiger partial charge < -0.3 is 5.11 Å². The van der Waals surface area contributed by atoms with Crippen molar-refractivity contribution < 1.29 is 9.90 Å². The lowest BCUT2D eigenvalue weighted by Gasteiger charge is -2.12. The summed E-state index contributed by atoms with van der Waals surface area (Å²) in [5.41, 5.74) is 4.64. The zero-order valence-electron chi connectivity index (χ0n) is 14.7. The average Bonchev–Trinajstić information content (AvgIpc) is 2.58. The minimum Gasteiger partial charge on any atom is -0.389 e. The van der Waals surface area contributed by atoms with Gasteiger partial charge in [-0.1, -0.05) is 44.2 Å². The van der Waals surface area contributed by atoms with E-state index in [1.165, 1.54) is 6.92 Å². The molecule has 0 aliphatic rings. The highest BCUT2D eigenvalue weighted by molar-refractivity contribution is 5.99. The van der Waals surface area contributed by atoms with Crippen LogP contribution in [-0.4, -0.2) is 10.9 Å². The first-order valence-electron chi connectivity index (χ1n) is 8.33. The van der Waals surface area contributed by atoms with E-state index in [9.17, 15) is 9.90 Å². The Morgan fingerprint density at radius 1 is 1.00 bits per heavy atom. The Balaban J connectivity index is 2.59. The summed E-state index contributed by atoms with van der Waals surface area (Å²) in [7, 11) is 0. The van der Waals surface area contributed by atoms with Crippen LogP contribution in [-0.2, 0) is 12.8 Å². The first-order valence-corrected chi connectivity index (χ1v) is 8.33. The van der Waals surface area contributed by atoms with Gasteiger partial charge in [0.25, 0.3) is 0 Å². The number of rotatable bonds is 6. The number of aliphatic hydroxyl groups is 1. The molecule has 1 atom stereocenters. The van der Waals surface area contributed by atoms with E-state index in [0.29, 0.717) is 16.9 Å². The monoisotopic (exact) mass is 324 g/mol. The Bertz CT molecular complexity index is 764. The Hall–Kier alpha value is -2.33. The summed E-state index contributed by atoms with van der Waals surface area (Å²) >= 11 is 0. The quantitative estimate of drug-likeness (QED) is 0.564. The summed E-state index contributed by atoms with van der Waals surface area (Å²) in [6, 6.07) is 11.4. The van der Waals surface area contributed by atoms with Crippen LogP contribution in [0.4, 0.5) is 11.4 Å². The van der Waals surface area contributed by atoms with E-state index < -0.39 is 6.10 Å². The van der Waals surface area contributed by atoms with Crippen LogP contribution >= 0.6 is 0 Å². The van der Waals surface area contributed by atoms with Crippen molar-refractivity contribution in [1.29, 1.82) is 0 Å². The lowest BCUT2D eigenvalue weighted by Crippen LogP contribution is -1.96. The summed E-state index contributed by atoms with van der Waals surface area (Å²) in [6.45, 7) is 7.32. The number of benzene rings is 2. The van der Waals surface area contributed by atoms with Gasteiger partial charge in [-0.15, -0.1) is 10.2 Å². The zero-order chi connectivity index (χ0) is 17.7. The predicted octanol–water partition coefficient (Wildman–Crippen LogP) is 5.48. The summed E-state index contributed by atoms with van der Waals surface area (Å²) in [5, 5.41) is 18.9. The van der Waals surface area contributed by atoms with Gasteiger partial charge in [0, 0.05) is 11.1 Å². The Kier molecular flexibility index (Phi) is 5.99. The number of carbonyl (C=O) groups excluding carboxylic acids is 1. The molecule has 0 amide bonds. The van der Waals surface area contributed by atoms with E-state index in [1.54, 1.807) is 13.0 Å². The number of ketones is 1. The fourth-order valence-corrected chi connectivity index (χ4v) is 2.73. The SMILES string of the molecule is CCc1cccc(C(C)=O)c1N=Nc1c(CC)cccc1C(C)O. The fourth-order valence-electron chi connectivity index (χ4n) is 2.73. The van der Waals surface area contributed by atoms with Crippen molar-refractivity contribution >= 4 is 17.2 Å². The van der Waals surface area contributed by atoms with Gasteiger partial charge in [0.1, 0.15) is 0 Å². The van der Waals surface area contributed by atoms with Crippen LogP contribution < -0.4 is 0 Å². The molecule has 4 heteroatoms. The molecule has 0 heterocycles. The Labute approximate surface area is 143 Å². The number of aryl methyl sites for hydroxylation is 2. The maximum Gasteiger partial charge on any atom is 0.162 e. The average molecular weight is 324 g/mol. The van der Waals surface area contributed by atoms with E-state index in [1.807, 2.05) is 44.2 Å². The van der Waals surface area contributed by atoms with Gasteiger partial charge in [-0.3, -0.25) is 4.79 Å². The van der Waals surface area contributed by atoms with Gasteiger partial charge in [-0.05, 0) is 43.9 Å². The lowest BCUT2D eigenvalue weighted by molar-refractivity contribution is 0.101. The highest BCUT2D eigenvalue weighted by atomic mass is 16.3. The van der Waals surface area contributed by atoms with Crippen molar-refractivity contribution in [1.82, 2.24) is 0 Å². The molecule has 0 aromatic heterocycles. The normalized spacial score (nSPS) is 12.5. The van der Waals surface area contributed by atoms with E-state index >= 15 is 0 Å². The number of hydrogen-bond acceptors (Lipinski definition) is 4. The minimum absolute atomic E-state index is 0.0289. The standard InChI is InChI=1S/C20H24N2O2/c1-5-15-9-7-11-17(13(3)23)19(15)21-22-20-16(6-2)10-8-12-18(20)14(4)24/h7-13,23H,5-6H2,1-4H3. The van der Waals surface area contributed by atoms with Crippen molar-refractivity contribution in [3.8, 4) is 0 Å². The molecule has 0 fully saturated rings. The minimum atomic E-state index is -0.626. The third-order valence-electron chi connectivity index (χ3n) is 4.11. The molecule has 126 valence electrons. The molecule has 2 aromatic carbocycles. The number of azo groups is 1. The van der Waals surface area contributed by atoms with Crippen molar-refractivity contribution in [2.24, 2.45) is 10.2 Å². The van der Waals surface area contributed by atoms with Crippen LogP contribution in [0.25, 0.3) is 0 Å². The van der Waals surface area contributed by atoms with Gasteiger partial charge in [-0.2, -0.15) is 0 Å². The van der Waals surface area contributed by atoms with Gasteiger partial charge in [0.2, 0.25) is 0 Å². The molecule has 1 unspecified atom stereocenters. The largest absolute Gasteiger partial charge is 0.389 e. The number of carbonyl (C=O) groups is 1. The van der Waals surface area contributed by atoms with Crippen molar-refractivity contribution in [2.75, 3.05) is 0 Å². The Morgan fingerprint density at radius 3 is 2.08 bits per heavy atom. The molecule has 2 rings (SSSR count). The number of Topliss-reactive ketones (excluding diaryl/α,β-unsaturated/α-hetero) is 1. The van der Waals surface area contributed by atoms with E-state index in [4.69, 9.17) is 0 Å². The van der Waals surface area contributed by atoms with Gasteiger partial charge >= 0.3 is 0 Å². The van der Waals surface area contributed by atoms with Gasteiger partial charge in [-0.25, -0.2) is 0 Å². The predicted molar refractivity (Wildman–Crippen MR) is 96.5 cm³/mol. The number of aliphatic hydroxyl groups excluding tert-OH is 1. The molecule has 0 bridgehead atoms. The molecular weight excluding hydrogens is 300 g/mol. The molecule has 0 saturated carbocycles. The van der Waals surface area contributed by atoms with Crippen molar-refractivity contribution in [3.63, 3.8) is 0 Å². The molecule has 0 aliphatic carbocycles. The van der Waals surface area contributed by atoms with E-state index in [2.05, 4.69) is 10.2 Å². The molecule has 1 N–H and O–H groups in total. The molecule has 2 aromatic rings. The Morgan fingerprint density at radius 2 is 1.54 bits per heavy atom. The third-order valence-corrected chi connectivity index (χ3v) is 4.11. The maximum atomic E-state index is 11.9. The molecule has 0 aliphatic heterocycles. The van der Waals surface area contributed by atoms with Crippen molar-refractivity contribution in [2.45, 2.75) is 46.6 Å². The first kappa shape index (κ1) is 18.0. The van der Waals surface area contributed by atoms with Crippen LogP contribution in [0, 0.1) is 0 Å². The second kappa shape index (κ2) is 7.97. The second-order valence-electron chi connectivity index (χ2n) is 5.81. The van der Waals surface area contributed by atoms with Crippen LogP contribution in [0.2, 0.25) is 0 Å². The van der Waals surface area contributed by atoms with Crippen LogP contribution in [0.15, 0.2) is 46.6 Å². The van der Waals surface area contributed by atoms with Gasteiger partial charge in [0.15, 0.2) is 5.78 Å². The highest BCUT2D eigenvalue weighted by Crippen LogP contribution is 2.33. The fraction of sp³-hybridized carbons (Fsp3) is 0.350. The van der Waals surface area contributed by atoms with E-state index in [0.717, 1.165) is 29.5 Å². The van der Waals surface area contributed by atoms with Crippen molar-refractivity contribution in [3.05, 3.63) is 58.7 Å². The third kappa shape index (κ3) is 3.77. The van der Waals surface area contributed by atoms with Crippen LogP contribution in [0.3, 0.4) is 0 Å². The lowest BCUT2D eigenvalue weighted by atomic mass is 10.0. The topological polar surface area (TPSA) is 62.0 Å². The molecular formula is C20H24N2O2. The molecule has 0 radical (unpaired) electrons. The van der Waals surface area contributed by atoms with Gasteiger partial charge in [0.05, 0.1) is 17.5 Å². The summed E-state index contributed by atoms with van der Waals surface area (Å²) < 4.78 is 0. The second-order valence-corrected chi connectivity index (χ2v) is 5.81. The molecule has 24 heavy (non-hydrogen) atoms. The van der Waals surface area contributed by atoms with Crippen LogP contribution in [0.1, 0.15) is 60.8 Å². The number of hydrogen-bond donors (Lipinski definition) is 1. The summed E-state index contributed by atoms with van der Waals surface area (Å²) in [4.78, 5) is 11.9. The molecule has 4 nitrogen and oxygen atoms in total. The highest BCUT2D eigenvalue weighted by Gasteiger charge is 2.13. The maximum absolute atomic E-state index is 11.9. The summed E-state index contributed by atoms with van der Waals surface area (Å²) in [6.07, 6.45) is 0.942. The smallest absolute Gasteiger partial charge is 0.162 e. The first-order chi connectivity index (χ1) is 11.5. The summed E-state index contributed by atoms with van der Waals surface area (Å²) in [5.74, 6) is -0.0289. The molecule has 0 saturated heterocycles. The molecule has 0 spiro atoms. The number of nitrogens with zero attached hydrogens (tertiary/aromatic N) is 2.